The highest BCUT2D eigenvalue weighted by molar-refractivity contribution is 7.92. The van der Waals surface area contributed by atoms with Crippen LogP contribution < -0.4 is 15.5 Å². The van der Waals surface area contributed by atoms with Gasteiger partial charge in [0.1, 0.15) is 0 Å². The van der Waals surface area contributed by atoms with Crippen molar-refractivity contribution in [3.8, 4) is 0 Å². The molecular formula is C20H34N4O2S. The molecule has 1 aromatic rings. The predicted molar refractivity (Wildman–Crippen MR) is 114 cm³/mol. The zero-order valence-electron chi connectivity index (χ0n) is 17.0. The number of hydrogen-bond donors (Lipinski definition) is 2. The molecule has 0 bridgehead atoms. The van der Waals surface area contributed by atoms with Gasteiger partial charge in [-0.1, -0.05) is 18.2 Å². The summed E-state index contributed by atoms with van der Waals surface area (Å²) in [7, 11) is -3.16. The van der Waals surface area contributed by atoms with Crippen LogP contribution in [0.4, 0.5) is 5.69 Å². The molecule has 0 spiro atoms. The first-order valence-corrected chi connectivity index (χ1v) is 11.5. The van der Waals surface area contributed by atoms with Crippen LogP contribution in [-0.2, 0) is 9.84 Å². The summed E-state index contributed by atoms with van der Waals surface area (Å²) in [4.78, 5) is 6.88. The van der Waals surface area contributed by atoms with Gasteiger partial charge in [0.25, 0.3) is 0 Å². The standard InChI is InChI=1S/C20H34N4O2S/c1-5-21-19(22-13-15-27(25,26)20(2,3)4)23-17-10-9-14-24(16-17)18-11-7-6-8-12-18/h6-8,11-12,17H,5,9-10,13-16H2,1-4H3,(H2,21,22,23). The first-order chi connectivity index (χ1) is 12.7. The second-order valence-electron chi connectivity index (χ2n) is 7.96. The average Bonchev–Trinajstić information content (AvgIpc) is 2.62. The molecule has 1 fully saturated rings. The Morgan fingerprint density at radius 3 is 2.59 bits per heavy atom. The SMILES string of the molecule is CCNC(=NCCS(=O)(=O)C(C)(C)C)NC1CCCN(c2ccccc2)C1. The van der Waals surface area contributed by atoms with Crippen LogP contribution in [-0.4, -0.2) is 57.1 Å². The van der Waals surface area contributed by atoms with Gasteiger partial charge in [-0.3, -0.25) is 4.99 Å². The molecule has 0 saturated carbocycles. The van der Waals surface area contributed by atoms with Crippen LogP contribution in [0.3, 0.4) is 0 Å². The topological polar surface area (TPSA) is 73.8 Å². The molecule has 1 aliphatic rings. The molecule has 1 saturated heterocycles. The highest BCUT2D eigenvalue weighted by atomic mass is 32.2. The third kappa shape index (κ3) is 6.41. The van der Waals surface area contributed by atoms with Gasteiger partial charge in [-0.15, -0.1) is 0 Å². The van der Waals surface area contributed by atoms with Crippen LogP contribution in [0.25, 0.3) is 0 Å². The van der Waals surface area contributed by atoms with Crippen molar-refractivity contribution in [3.05, 3.63) is 30.3 Å². The molecular weight excluding hydrogens is 360 g/mol. The predicted octanol–water partition coefficient (Wildman–Crippen LogP) is 2.42. The van der Waals surface area contributed by atoms with Gasteiger partial charge in [0.2, 0.25) is 0 Å². The van der Waals surface area contributed by atoms with E-state index < -0.39 is 14.6 Å². The normalized spacial score (nSPS) is 19.0. The summed E-state index contributed by atoms with van der Waals surface area (Å²) in [6.07, 6.45) is 2.19. The van der Waals surface area contributed by atoms with E-state index in [-0.39, 0.29) is 18.3 Å². The number of hydrogen-bond acceptors (Lipinski definition) is 4. The van der Waals surface area contributed by atoms with E-state index in [0.717, 1.165) is 32.5 Å². The quantitative estimate of drug-likeness (QED) is 0.573. The number of anilines is 1. The van der Waals surface area contributed by atoms with Crippen molar-refractivity contribution in [2.24, 2.45) is 4.99 Å². The van der Waals surface area contributed by atoms with E-state index in [1.165, 1.54) is 5.69 Å². The highest BCUT2D eigenvalue weighted by Gasteiger charge is 2.28. The monoisotopic (exact) mass is 394 g/mol. The van der Waals surface area contributed by atoms with Gasteiger partial charge in [0.05, 0.1) is 17.0 Å². The lowest BCUT2D eigenvalue weighted by Gasteiger charge is -2.35. The minimum atomic E-state index is -3.16. The molecule has 27 heavy (non-hydrogen) atoms. The molecule has 152 valence electrons. The third-order valence-electron chi connectivity index (χ3n) is 4.79. The molecule has 1 heterocycles. The maximum absolute atomic E-state index is 12.3. The maximum Gasteiger partial charge on any atom is 0.191 e. The molecule has 0 aliphatic carbocycles. The highest BCUT2D eigenvalue weighted by Crippen LogP contribution is 2.19. The largest absolute Gasteiger partial charge is 0.369 e. The molecule has 6 nitrogen and oxygen atoms in total. The summed E-state index contributed by atoms with van der Waals surface area (Å²) in [6.45, 7) is 10.2. The van der Waals surface area contributed by atoms with E-state index in [4.69, 9.17) is 0 Å². The molecule has 1 aliphatic heterocycles. The Kier molecular flexibility index (Phi) is 7.53. The smallest absolute Gasteiger partial charge is 0.191 e. The summed E-state index contributed by atoms with van der Waals surface area (Å²) in [5.41, 5.74) is 1.24. The van der Waals surface area contributed by atoms with Gasteiger partial charge in [-0.25, -0.2) is 8.42 Å². The van der Waals surface area contributed by atoms with Crippen molar-refractivity contribution >= 4 is 21.5 Å². The van der Waals surface area contributed by atoms with Gasteiger partial charge < -0.3 is 15.5 Å². The van der Waals surface area contributed by atoms with E-state index in [0.29, 0.717) is 5.96 Å². The fraction of sp³-hybridized carbons (Fsp3) is 0.650. The van der Waals surface area contributed by atoms with Crippen molar-refractivity contribution in [3.63, 3.8) is 0 Å². The van der Waals surface area contributed by atoms with Crippen LogP contribution in [0.1, 0.15) is 40.5 Å². The number of benzene rings is 1. The van der Waals surface area contributed by atoms with E-state index in [1.54, 1.807) is 20.8 Å². The number of guanidine groups is 1. The lowest BCUT2D eigenvalue weighted by Crippen LogP contribution is -2.51. The Hall–Kier alpha value is -1.76. The Balaban J connectivity index is 1.96. The molecule has 1 atom stereocenters. The van der Waals surface area contributed by atoms with E-state index in [2.05, 4.69) is 44.8 Å². The minimum absolute atomic E-state index is 0.0634. The lowest BCUT2D eigenvalue weighted by molar-refractivity contribution is 0.468. The number of sulfone groups is 1. The minimum Gasteiger partial charge on any atom is -0.369 e. The van der Waals surface area contributed by atoms with Gasteiger partial charge in [0.15, 0.2) is 15.8 Å². The molecule has 1 aromatic carbocycles. The Bertz CT molecular complexity index is 711. The van der Waals surface area contributed by atoms with Crippen LogP contribution in [0.5, 0.6) is 0 Å². The molecule has 2 N–H and O–H groups in total. The molecule has 2 rings (SSSR count). The van der Waals surface area contributed by atoms with Crippen molar-refractivity contribution in [1.82, 2.24) is 10.6 Å². The van der Waals surface area contributed by atoms with Gasteiger partial charge >= 0.3 is 0 Å². The van der Waals surface area contributed by atoms with Crippen LogP contribution >= 0.6 is 0 Å². The number of piperidine rings is 1. The molecule has 1 unspecified atom stereocenters. The lowest BCUT2D eigenvalue weighted by atomic mass is 10.1. The van der Waals surface area contributed by atoms with Crippen LogP contribution in [0, 0.1) is 0 Å². The van der Waals surface area contributed by atoms with Crippen molar-refractivity contribution < 1.29 is 8.42 Å². The number of rotatable bonds is 6. The van der Waals surface area contributed by atoms with Crippen molar-refractivity contribution in [2.45, 2.75) is 51.3 Å². The summed E-state index contributed by atoms with van der Waals surface area (Å²) in [6, 6.07) is 10.7. The van der Waals surface area contributed by atoms with Gasteiger partial charge in [-0.05, 0) is 52.7 Å². The van der Waals surface area contributed by atoms with Gasteiger partial charge in [0, 0.05) is 31.4 Å². The number of para-hydroxylation sites is 1. The van der Waals surface area contributed by atoms with Gasteiger partial charge in [-0.2, -0.15) is 0 Å². The van der Waals surface area contributed by atoms with E-state index >= 15 is 0 Å². The summed E-state index contributed by atoms with van der Waals surface area (Å²) in [5.74, 6) is 0.759. The fourth-order valence-electron chi connectivity index (χ4n) is 3.07. The zero-order valence-corrected chi connectivity index (χ0v) is 17.8. The maximum atomic E-state index is 12.3. The van der Waals surface area contributed by atoms with Crippen molar-refractivity contribution in [1.29, 1.82) is 0 Å². The van der Waals surface area contributed by atoms with Crippen LogP contribution in [0.15, 0.2) is 35.3 Å². The average molecular weight is 395 g/mol. The summed E-state index contributed by atoms with van der Waals surface area (Å²) >= 11 is 0. The zero-order chi connectivity index (χ0) is 19.9. The Morgan fingerprint density at radius 2 is 1.96 bits per heavy atom. The third-order valence-corrected chi connectivity index (χ3v) is 7.38. The second kappa shape index (κ2) is 9.44. The number of nitrogens with one attached hydrogen (secondary N) is 2. The Morgan fingerprint density at radius 1 is 1.26 bits per heavy atom. The summed E-state index contributed by atoms with van der Waals surface area (Å²) in [5, 5.41) is 6.72. The molecule has 0 radical (unpaired) electrons. The molecule has 0 aromatic heterocycles. The molecule has 7 heteroatoms. The fourth-order valence-corrected chi connectivity index (χ4v) is 4.01. The number of aliphatic imine (C=N–C) groups is 1. The van der Waals surface area contributed by atoms with Crippen LogP contribution in [0.2, 0.25) is 0 Å². The Labute approximate surface area is 164 Å². The summed E-state index contributed by atoms with van der Waals surface area (Å²) < 4.78 is 23.8. The van der Waals surface area contributed by atoms with Crippen molar-refractivity contribution in [2.75, 3.05) is 36.8 Å². The molecule has 0 amide bonds. The first kappa shape index (κ1) is 21.5. The second-order valence-corrected chi connectivity index (χ2v) is 10.8. The first-order valence-electron chi connectivity index (χ1n) is 9.80. The van der Waals surface area contributed by atoms with E-state index in [1.807, 2.05) is 13.0 Å². The van der Waals surface area contributed by atoms with E-state index in [9.17, 15) is 8.42 Å². The number of nitrogens with zero attached hydrogens (tertiary/aromatic N) is 2.